The van der Waals surface area contributed by atoms with Crippen molar-refractivity contribution in [2.45, 2.75) is 52.7 Å². The zero-order chi connectivity index (χ0) is 13.2. The van der Waals surface area contributed by atoms with Crippen LogP contribution in [-0.4, -0.2) is 16.1 Å². The summed E-state index contributed by atoms with van der Waals surface area (Å²) >= 11 is 5.76. The summed E-state index contributed by atoms with van der Waals surface area (Å²) in [7, 11) is 0. The molecule has 18 heavy (non-hydrogen) atoms. The molecule has 1 fully saturated rings. The van der Waals surface area contributed by atoms with Crippen molar-refractivity contribution in [3.8, 4) is 0 Å². The van der Waals surface area contributed by atoms with E-state index >= 15 is 0 Å². The second-order valence-corrected chi connectivity index (χ2v) is 6.50. The van der Waals surface area contributed by atoms with Crippen LogP contribution in [0.2, 0.25) is 5.28 Å². The van der Waals surface area contributed by atoms with Crippen LogP contribution in [0.1, 0.15) is 45.7 Å². The summed E-state index contributed by atoms with van der Waals surface area (Å²) in [5.41, 5.74) is 1.23. The van der Waals surface area contributed by atoms with Gasteiger partial charge in [-0.3, -0.25) is 0 Å². The lowest BCUT2D eigenvalue weighted by Gasteiger charge is -2.38. The average molecular weight is 269 g/mol. The van der Waals surface area contributed by atoms with E-state index < -0.39 is 0 Å². The maximum absolute atomic E-state index is 5.98. The first-order valence-corrected chi connectivity index (χ1v) is 6.91. The zero-order valence-corrected chi connectivity index (χ0v) is 12.1. The Kier molecular flexibility index (Phi) is 4.23. The lowest BCUT2D eigenvalue weighted by molar-refractivity contribution is -0.0327. The zero-order valence-electron chi connectivity index (χ0n) is 11.3. The van der Waals surface area contributed by atoms with E-state index in [1.165, 1.54) is 6.42 Å². The van der Waals surface area contributed by atoms with Gasteiger partial charge >= 0.3 is 0 Å². The lowest BCUT2D eigenvalue weighted by Crippen LogP contribution is -2.32. The first kappa shape index (κ1) is 13.8. The topological polar surface area (TPSA) is 35.0 Å². The van der Waals surface area contributed by atoms with Crippen LogP contribution in [0.25, 0.3) is 0 Å². The lowest BCUT2D eigenvalue weighted by atomic mass is 9.71. The summed E-state index contributed by atoms with van der Waals surface area (Å²) in [4.78, 5) is 8.01. The van der Waals surface area contributed by atoms with E-state index in [0.717, 1.165) is 24.5 Å². The minimum absolute atomic E-state index is 0.286. The highest BCUT2D eigenvalue weighted by molar-refractivity contribution is 6.28. The summed E-state index contributed by atoms with van der Waals surface area (Å²) in [6, 6.07) is 1.85. The Morgan fingerprint density at radius 2 is 2.22 bits per heavy atom. The van der Waals surface area contributed by atoms with Gasteiger partial charge in [-0.2, -0.15) is 0 Å². The van der Waals surface area contributed by atoms with Crippen LogP contribution in [0.5, 0.6) is 0 Å². The van der Waals surface area contributed by atoms with Crippen molar-refractivity contribution in [3.05, 3.63) is 23.2 Å². The molecule has 1 aromatic heterocycles. The second-order valence-electron chi connectivity index (χ2n) is 6.16. The quantitative estimate of drug-likeness (QED) is 0.781. The molecule has 1 aromatic rings. The summed E-state index contributed by atoms with van der Waals surface area (Å²) in [6.07, 6.45) is 5.55. The van der Waals surface area contributed by atoms with Crippen LogP contribution in [0, 0.1) is 11.3 Å². The predicted octanol–water partition coefficient (Wildman–Crippen LogP) is 3.86. The highest BCUT2D eigenvalue weighted by atomic mass is 35.5. The minimum Gasteiger partial charge on any atom is -0.372 e. The van der Waals surface area contributed by atoms with Crippen molar-refractivity contribution in [2.24, 2.45) is 11.3 Å². The average Bonchev–Trinajstić information content (AvgIpc) is 2.24. The fourth-order valence-corrected chi connectivity index (χ4v) is 3.20. The molecule has 3 nitrogen and oxygen atoms in total. The van der Waals surface area contributed by atoms with Crippen LogP contribution in [0.15, 0.2) is 12.3 Å². The smallest absolute Gasteiger partial charge is 0.222 e. The third-order valence-corrected chi connectivity index (χ3v) is 3.68. The van der Waals surface area contributed by atoms with Crippen molar-refractivity contribution in [1.29, 1.82) is 0 Å². The molecule has 0 amide bonds. The Hall–Kier alpha value is -0.670. The van der Waals surface area contributed by atoms with Gasteiger partial charge in [0.2, 0.25) is 5.28 Å². The van der Waals surface area contributed by atoms with E-state index in [2.05, 4.69) is 30.7 Å². The third-order valence-electron chi connectivity index (χ3n) is 3.50. The largest absolute Gasteiger partial charge is 0.372 e. The summed E-state index contributed by atoms with van der Waals surface area (Å²) in [5.74, 6) is 0.729. The van der Waals surface area contributed by atoms with E-state index in [4.69, 9.17) is 16.3 Å². The first-order chi connectivity index (χ1) is 8.44. The van der Waals surface area contributed by atoms with Gasteiger partial charge < -0.3 is 4.74 Å². The molecule has 1 saturated carbocycles. The molecule has 1 aliphatic carbocycles. The molecule has 2 rings (SSSR count). The number of hydrogen-bond donors (Lipinski definition) is 0. The van der Waals surface area contributed by atoms with Crippen molar-refractivity contribution in [3.63, 3.8) is 0 Å². The van der Waals surface area contributed by atoms with Gasteiger partial charge in [0, 0.05) is 6.20 Å². The molecule has 0 spiro atoms. The molecule has 0 aromatic carbocycles. The van der Waals surface area contributed by atoms with Gasteiger partial charge in [0.25, 0.3) is 0 Å². The highest BCUT2D eigenvalue weighted by Gasteiger charge is 2.32. The van der Waals surface area contributed by atoms with E-state index in [-0.39, 0.29) is 5.28 Å². The second kappa shape index (κ2) is 5.54. The summed E-state index contributed by atoms with van der Waals surface area (Å²) in [5, 5.41) is 0.286. The standard InChI is InChI=1S/C14H21ClN2O/c1-10-6-12(8-14(2,3)7-10)18-9-11-4-5-16-13(15)17-11/h4-5,10,12H,6-9H2,1-3H3. The van der Waals surface area contributed by atoms with E-state index in [0.29, 0.717) is 18.1 Å². The Balaban J connectivity index is 1.90. The van der Waals surface area contributed by atoms with Gasteiger partial charge in [-0.15, -0.1) is 0 Å². The maximum atomic E-state index is 5.98. The molecule has 0 bridgehead atoms. The molecule has 4 heteroatoms. The number of nitrogens with zero attached hydrogens (tertiary/aromatic N) is 2. The van der Waals surface area contributed by atoms with Crippen molar-refractivity contribution >= 4 is 11.6 Å². The summed E-state index contributed by atoms with van der Waals surface area (Å²) in [6.45, 7) is 7.47. The van der Waals surface area contributed by atoms with Gasteiger partial charge in [0.1, 0.15) is 0 Å². The van der Waals surface area contributed by atoms with Crippen LogP contribution >= 0.6 is 11.6 Å². The monoisotopic (exact) mass is 268 g/mol. The van der Waals surface area contributed by atoms with Crippen LogP contribution in [0.4, 0.5) is 0 Å². The Morgan fingerprint density at radius 3 is 2.89 bits per heavy atom. The number of rotatable bonds is 3. The van der Waals surface area contributed by atoms with Gasteiger partial charge in [0.05, 0.1) is 18.4 Å². The molecule has 2 unspecified atom stereocenters. The first-order valence-electron chi connectivity index (χ1n) is 6.54. The van der Waals surface area contributed by atoms with E-state index in [9.17, 15) is 0 Å². The molecule has 0 N–H and O–H groups in total. The van der Waals surface area contributed by atoms with Gasteiger partial charge in [-0.25, -0.2) is 9.97 Å². The van der Waals surface area contributed by atoms with E-state index in [1.807, 2.05) is 6.07 Å². The van der Waals surface area contributed by atoms with Crippen LogP contribution in [0.3, 0.4) is 0 Å². The molecule has 0 saturated heterocycles. The van der Waals surface area contributed by atoms with Crippen molar-refractivity contribution in [2.75, 3.05) is 0 Å². The number of halogens is 1. The highest BCUT2D eigenvalue weighted by Crippen LogP contribution is 2.39. The maximum Gasteiger partial charge on any atom is 0.222 e. The number of aromatic nitrogens is 2. The molecular formula is C14H21ClN2O. The molecule has 2 atom stereocenters. The molecule has 1 aliphatic rings. The van der Waals surface area contributed by atoms with Crippen molar-refractivity contribution in [1.82, 2.24) is 9.97 Å². The van der Waals surface area contributed by atoms with Crippen molar-refractivity contribution < 1.29 is 4.74 Å². The fraction of sp³-hybridized carbons (Fsp3) is 0.714. The SMILES string of the molecule is CC1CC(OCc2ccnc(Cl)n2)CC(C)(C)C1. The molecular weight excluding hydrogens is 248 g/mol. The molecule has 0 aliphatic heterocycles. The summed E-state index contributed by atoms with van der Waals surface area (Å²) < 4.78 is 5.98. The Morgan fingerprint density at radius 1 is 1.44 bits per heavy atom. The molecule has 100 valence electrons. The van der Waals surface area contributed by atoms with Crippen LogP contribution in [-0.2, 0) is 11.3 Å². The molecule has 0 radical (unpaired) electrons. The number of hydrogen-bond acceptors (Lipinski definition) is 3. The third kappa shape index (κ3) is 3.92. The normalized spacial score (nSPS) is 27.1. The Bertz CT molecular complexity index is 409. The van der Waals surface area contributed by atoms with Crippen LogP contribution < -0.4 is 0 Å². The van der Waals surface area contributed by atoms with Gasteiger partial charge in [-0.05, 0) is 48.3 Å². The Labute approximate surface area is 114 Å². The fourth-order valence-electron chi connectivity index (χ4n) is 3.04. The van der Waals surface area contributed by atoms with Gasteiger partial charge in [0.15, 0.2) is 0 Å². The molecule has 1 heterocycles. The number of ether oxygens (including phenoxy) is 1. The predicted molar refractivity (Wildman–Crippen MR) is 72.4 cm³/mol. The minimum atomic E-state index is 0.286. The van der Waals surface area contributed by atoms with E-state index in [1.54, 1.807) is 6.20 Å². The van der Waals surface area contributed by atoms with Gasteiger partial charge in [-0.1, -0.05) is 20.8 Å².